The zero-order valence-corrected chi connectivity index (χ0v) is 9.31. The molecular formula is C13H18O2. The van der Waals surface area contributed by atoms with Crippen molar-refractivity contribution in [3.63, 3.8) is 0 Å². The molecule has 0 aliphatic heterocycles. The Kier molecular flexibility index (Phi) is 4.35. The summed E-state index contributed by atoms with van der Waals surface area (Å²) in [7, 11) is 0. The van der Waals surface area contributed by atoms with Gasteiger partial charge in [-0.2, -0.15) is 0 Å². The van der Waals surface area contributed by atoms with Gasteiger partial charge in [0.15, 0.2) is 0 Å². The van der Waals surface area contributed by atoms with Crippen molar-refractivity contribution < 1.29 is 9.90 Å². The molecule has 0 saturated carbocycles. The molecule has 0 bridgehead atoms. The average Bonchev–Trinajstić information content (AvgIpc) is 2.26. The molecule has 82 valence electrons. The van der Waals surface area contributed by atoms with E-state index in [0.29, 0.717) is 6.42 Å². The van der Waals surface area contributed by atoms with E-state index in [1.54, 1.807) is 0 Å². The van der Waals surface area contributed by atoms with Crippen molar-refractivity contribution in [3.8, 4) is 0 Å². The quantitative estimate of drug-likeness (QED) is 0.802. The van der Waals surface area contributed by atoms with Crippen LogP contribution in [0.25, 0.3) is 0 Å². The number of carboxylic acid groups (broad SMARTS) is 1. The zero-order valence-electron chi connectivity index (χ0n) is 9.31. The molecule has 2 atom stereocenters. The monoisotopic (exact) mass is 206 g/mol. The molecule has 1 rings (SSSR count). The molecule has 0 fully saturated rings. The minimum Gasteiger partial charge on any atom is -0.481 e. The first-order valence-corrected chi connectivity index (χ1v) is 5.48. The lowest BCUT2D eigenvalue weighted by Gasteiger charge is -2.21. The first-order chi connectivity index (χ1) is 7.20. The molecule has 0 saturated heterocycles. The van der Waals surface area contributed by atoms with Crippen molar-refractivity contribution in [1.29, 1.82) is 0 Å². The van der Waals surface area contributed by atoms with Gasteiger partial charge in [-0.05, 0) is 24.3 Å². The maximum Gasteiger partial charge on any atom is 0.307 e. The predicted molar refractivity (Wildman–Crippen MR) is 60.9 cm³/mol. The van der Waals surface area contributed by atoms with Crippen LogP contribution in [0, 0.1) is 5.92 Å². The molecule has 0 radical (unpaired) electrons. The third-order valence-electron chi connectivity index (χ3n) is 2.91. The van der Waals surface area contributed by atoms with E-state index in [1.165, 1.54) is 0 Å². The molecule has 1 aromatic rings. The van der Waals surface area contributed by atoms with Crippen LogP contribution < -0.4 is 0 Å². The summed E-state index contributed by atoms with van der Waals surface area (Å²) < 4.78 is 0. The van der Waals surface area contributed by atoms with Gasteiger partial charge in [0.05, 0.1) is 5.92 Å². The highest BCUT2D eigenvalue weighted by Crippen LogP contribution is 2.30. The second kappa shape index (κ2) is 5.54. The molecule has 2 unspecified atom stereocenters. The summed E-state index contributed by atoms with van der Waals surface area (Å²) in [5.41, 5.74) is 1.13. The molecular weight excluding hydrogens is 188 g/mol. The SMILES string of the molecule is CCC(C(=O)O)C(CC)c1ccccc1. The molecule has 1 N–H and O–H groups in total. The summed E-state index contributed by atoms with van der Waals surface area (Å²) in [6, 6.07) is 9.91. The van der Waals surface area contributed by atoms with E-state index in [-0.39, 0.29) is 11.8 Å². The largest absolute Gasteiger partial charge is 0.481 e. The molecule has 2 heteroatoms. The van der Waals surface area contributed by atoms with Crippen molar-refractivity contribution >= 4 is 5.97 Å². The number of hydrogen-bond donors (Lipinski definition) is 1. The van der Waals surface area contributed by atoms with Crippen molar-refractivity contribution in [3.05, 3.63) is 35.9 Å². The van der Waals surface area contributed by atoms with Crippen LogP contribution >= 0.6 is 0 Å². The van der Waals surface area contributed by atoms with Crippen molar-refractivity contribution in [2.75, 3.05) is 0 Å². The Bertz CT molecular complexity index is 306. The Balaban J connectivity index is 2.92. The van der Waals surface area contributed by atoms with Crippen LogP contribution in [0.1, 0.15) is 38.2 Å². The standard InChI is InChI=1S/C13H18O2/c1-3-11(12(4-2)13(14)15)10-8-6-5-7-9-10/h5-9,11-12H,3-4H2,1-2H3,(H,14,15). The fraction of sp³-hybridized carbons (Fsp3) is 0.462. The third kappa shape index (κ3) is 2.82. The maximum atomic E-state index is 11.1. The van der Waals surface area contributed by atoms with Crippen LogP contribution in [0.15, 0.2) is 30.3 Å². The van der Waals surface area contributed by atoms with E-state index >= 15 is 0 Å². The van der Waals surface area contributed by atoms with Gasteiger partial charge in [0.25, 0.3) is 0 Å². The van der Waals surface area contributed by atoms with Crippen LogP contribution in [0.4, 0.5) is 0 Å². The molecule has 0 aromatic heterocycles. The number of hydrogen-bond acceptors (Lipinski definition) is 1. The van der Waals surface area contributed by atoms with Gasteiger partial charge in [-0.1, -0.05) is 44.2 Å². The first-order valence-electron chi connectivity index (χ1n) is 5.48. The van der Waals surface area contributed by atoms with Gasteiger partial charge in [0.2, 0.25) is 0 Å². The van der Waals surface area contributed by atoms with Crippen LogP contribution in [-0.2, 0) is 4.79 Å². The second-order valence-corrected chi connectivity index (χ2v) is 3.78. The van der Waals surface area contributed by atoms with Gasteiger partial charge in [-0.15, -0.1) is 0 Å². The van der Waals surface area contributed by atoms with Gasteiger partial charge >= 0.3 is 5.97 Å². The molecule has 0 spiro atoms. The Morgan fingerprint density at radius 2 is 1.80 bits per heavy atom. The lowest BCUT2D eigenvalue weighted by atomic mass is 9.82. The van der Waals surface area contributed by atoms with E-state index < -0.39 is 5.97 Å². The summed E-state index contributed by atoms with van der Waals surface area (Å²) in [6.45, 7) is 3.98. The number of benzene rings is 1. The highest BCUT2D eigenvalue weighted by molar-refractivity contribution is 5.71. The average molecular weight is 206 g/mol. The lowest BCUT2D eigenvalue weighted by Crippen LogP contribution is -2.21. The number of carbonyl (C=O) groups is 1. The van der Waals surface area contributed by atoms with E-state index in [4.69, 9.17) is 5.11 Å². The van der Waals surface area contributed by atoms with Gasteiger partial charge in [0, 0.05) is 0 Å². The van der Waals surface area contributed by atoms with Gasteiger partial charge in [0.1, 0.15) is 0 Å². The van der Waals surface area contributed by atoms with Crippen LogP contribution in [0.5, 0.6) is 0 Å². The molecule has 0 heterocycles. The highest BCUT2D eigenvalue weighted by Gasteiger charge is 2.25. The maximum absolute atomic E-state index is 11.1. The smallest absolute Gasteiger partial charge is 0.307 e. The van der Waals surface area contributed by atoms with E-state index in [9.17, 15) is 4.79 Å². The van der Waals surface area contributed by atoms with Crippen molar-refractivity contribution in [2.45, 2.75) is 32.6 Å². The first kappa shape index (κ1) is 11.8. The number of aliphatic carboxylic acids is 1. The molecule has 0 aliphatic carbocycles. The normalized spacial score (nSPS) is 14.5. The van der Waals surface area contributed by atoms with Crippen molar-refractivity contribution in [1.82, 2.24) is 0 Å². The lowest BCUT2D eigenvalue weighted by molar-refractivity contribution is -0.142. The van der Waals surface area contributed by atoms with E-state index in [0.717, 1.165) is 12.0 Å². The Morgan fingerprint density at radius 3 is 2.20 bits per heavy atom. The molecule has 15 heavy (non-hydrogen) atoms. The number of carboxylic acids is 1. The topological polar surface area (TPSA) is 37.3 Å². The van der Waals surface area contributed by atoms with Gasteiger partial charge < -0.3 is 5.11 Å². The fourth-order valence-electron chi connectivity index (χ4n) is 2.08. The summed E-state index contributed by atoms with van der Waals surface area (Å²) >= 11 is 0. The van der Waals surface area contributed by atoms with Crippen LogP contribution in [0.2, 0.25) is 0 Å². The minimum absolute atomic E-state index is 0.133. The summed E-state index contributed by atoms with van der Waals surface area (Å²) in [4.78, 5) is 11.1. The molecule has 0 amide bonds. The minimum atomic E-state index is -0.687. The van der Waals surface area contributed by atoms with Crippen molar-refractivity contribution in [2.24, 2.45) is 5.92 Å². The highest BCUT2D eigenvalue weighted by atomic mass is 16.4. The Hall–Kier alpha value is -1.31. The molecule has 0 aliphatic rings. The summed E-state index contributed by atoms with van der Waals surface area (Å²) in [5, 5.41) is 9.14. The fourth-order valence-corrected chi connectivity index (χ4v) is 2.08. The molecule has 1 aromatic carbocycles. The van der Waals surface area contributed by atoms with Crippen LogP contribution in [-0.4, -0.2) is 11.1 Å². The number of rotatable bonds is 5. The summed E-state index contributed by atoms with van der Waals surface area (Å²) in [6.07, 6.45) is 1.55. The Morgan fingerprint density at radius 1 is 1.20 bits per heavy atom. The third-order valence-corrected chi connectivity index (χ3v) is 2.91. The van der Waals surface area contributed by atoms with E-state index in [2.05, 4.69) is 0 Å². The molecule has 2 nitrogen and oxygen atoms in total. The van der Waals surface area contributed by atoms with Crippen LogP contribution in [0.3, 0.4) is 0 Å². The second-order valence-electron chi connectivity index (χ2n) is 3.78. The zero-order chi connectivity index (χ0) is 11.3. The van der Waals surface area contributed by atoms with Gasteiger partial charge in [-0.3, -0.25) is 4.79 Å². The predicted octanol–water partition coefficient (Wildman–Crippen LogP) is 3.29. The summed E-state index contributed by atoms with van der Waals surface area (Å²) in [5.74, 6) is -0.820. The van der Waals surface area contributed by atoms with E-state index in [1.807, 2.05) is 44.2 Å². The van der Waals surface area contributed by atoms with Gasteiger partial charge in [-0.25, -0.2) is 0 Å². The Labute approximate surface area is 90.9 Å².